The van der Waals surface area contributed by atoms with Gasteiger partial charge in [-0.3, -0.25) is 0 Å². The Bertz CT molecular complexity index is 502. The molecule has 1 saturated heterocycles. The number of hydrogen-bond acceptors (Lipinski definition) is 4. The summed E-state index contributed by atoms with van der Waals surface area (Å²) >= 11 is 5.92. The van der Waals surface area contributed by atoms with Gasteiger partial charge in [0.2, 0.25) is 0 Å². The average Bonchev–Trinajstić information content (AvgIpc) is 2.52. The van der Waals surface area contributed by atoms with Crippen LogP contribution in [-0.2, 0) is 9.84 Å². The van der Waals surface area contributed by atoms with E-state index in [0.29, 0.717) is 17.3 Å². The molecule has 2 heterocycles. The second kappa shape index (κ2) is 4.22. The molecule has 0 radical (unpaired) electrons. The number of sulfone groups is 1. The van der Waals surface area contributed by atoms with E-state index in [-0.39, 0.29) is 17.5 Å². The highest BCUT2D eigenvalue weighted by molar-refractivity contribution is 7.91. The lowest BCUT2D eigenvalue weighted by molar-refractivity contribution is 0.602. The first kappa shape index (κ1) is 11.7. The lowest BCUT2D eigenvalue weighted by atomic mass is 10.2. The molecule has 0 amide bonds. The minimum atomic E-state index is -2.86. The molecule has 1 aromatic heterocycles. The second-order valence-corrected chi connectivity index (χ2v) is 6.68. The van der Waals surface area contributed by atoms with Gasteiger partial charge in [0.15, 0.2) is 15.0 Å². The van der Waals surface area contributed by atoms with Crippen molar-refractivity contribution in [2.24, 2.45) is 0 Å². The van der Waals surface area contributed by atoms with Crippen LogP contribution in [0, 0.1) is 6.92 Å². The zero-order chi connectivity index (χ0) is 11.8. The minimum Gasteiger partial charge on any atom is -0.379 e. The van der Waals surface area contributed by atoms with E-state index in [2.05, 4.69) is 10.3 Å². The summed E-state index contributed by atoms with van der Waals surface area (Å²) in [6.07, 6.45) is 2.31. The Hall–Kier alpha value is -0.810. The van der Waals surface area contributed by atoms with E-state index in [1.165, 1.54) is 0 Å². The highest BCUT2D eigenvalue weighted by Crippen LogP contribution is 2.23. The molecule has 1 unspecified atom stereocenters. The standard InChI is InChI=1S/C10H13ClN2O2S/c1-7-4-9(10(11)12-5-7)13-8-2-3-16(14,15)6-8/h4-5,8,13H,2-3,6H2,1H3. The van der Waals surface area contributed by atoms with Gasteiger partial charge in [0.05, 0.1) is 17.2 Å². The number of aryl methyl sites for hydroxylation is 1. The van der Waals surface area contributed by atoms with E-state index in [9.17, 15) is 8.42 Å². The Morgan fingerprint density at radius 1 is 1.56 bits per heavy atom. The first-order valence-electron chi connectivity index (χ1n) is 5.05. The highest BCUT2D eigenvalue weighted by Gasteiger charge is 2.28. The molecule has 0 bridgehead atoms. The van der Waals surface area contributed by atoms with Gasteiger partial charge >= 0.3 is 0 Å². The summed E-state index contributed by atoms with van der Waals surface area (Å²) in [5, 5.41) is 3.52. The number of nitrogens with one attached hydrogen (secondary N) is 1. The van der Waals surface area contributed by atoms with Gasteiger partial charge in [-0.2, -0.15) is 0 Å². The van der Waals surface area contributed by atoms with E-state index < -0.39 is 9.84 Å². The molecule has 1 aliphatic heterocycles. The van der Waals surface area contributed by atoms with Crippen LogP contribution in [0.2, 0.25) is 5.15 Å². The van der Waals surface area contributed by atoms with Gasteiger partial charge < -0.3 is 5.32 Å². The van der Waals surface area contributed by atoms with Crippen LogP contribution in [0.25, 0.3) is 0 Å². The van der Waals surface area contributed by atoms with E-state index >= 15 is 0 Å². The van der Waals surface area contributed by atoms with Gasteiger partial charge in [-0.15, -0.1) is 0 Å². The summed E-state index contributed by atoms with van der Waals surface area (Å²) in [4.78, 5) is 4.01. The average molecular weight is 261 g/mol. The van der Waals surface area contributed by atoms with Crippen LogP contribution in [0.4, 0.5) is 5.69 Å². The van der Waals surface area contributed by atoms with Crippen LogP contribution in [0.15, 0.2) is 12.3 Å². The van der Waals surface area contributed by atoms with Crippen LogP contribution in [0.1, 0.15) is 12.0 Å². The van der Waals surface area contributed by atoms with Gasteiger partial charge in [0.1, 0.15) is 0 Å². The molecule has 6 heteroatoms. The van der Waals surface area contributed by atoms with Crippen molar-refractivity contribution in [2.45, 2.75) is 19.4 Å². The second-order valence-electron chi connectivity index (χ2n) is 4.10. The highest BCUT2D eigenvalue weighted by atomic mass is 35.5. The Labute approximate surface area is 99.9 Å². The largest absolute Gasteiger partial charge is 0.379 e. The third-order valence-corrected chi connectivity index (χ3v) is 4.64. The van der Waals surface area contributed by atoms with Crippen LogP contribution in [-0.4, -0.2) is 30.9 Å². The molecule has 2 rings (SSSR count). The van der Waals surface area contributed by atoms with Crippen LogP contribution >= 0.6 is 11.6 Å². The number of halogens is 1. The van der Waals surface area contributed by atoms with Gasteiger partial charge in [-0.25, -0.2) is 13.4 Å². The maximum absolute atomic E-state index is 11.3. The number of anilines is 1. The zero-order valence-corrected chi connectivity index (χ0v) is 10.5. The molecule has 0 saturated carbocycles. The van der Waals surface area contributed by atoms with Crippen molar-refractivity contribution in [3.05, 3.63) is 23.0 Å². The first-order valence-corrected chi connectivity index (χ1v) is 7.25. The van der Waals surface area contributed by atoms with Gasteiger partial charge in [0.25, 0.3) is 0 Å². The summed E-state index contributed by atoms with van der Waals surface area (Å²) in [6.45, 7) is 1.92. The number of aromatic nitrogens is 1. The molecule has 88 valence electrons. The van der Waals surface area contributed by atoms with Crippen molar-refractivity contribution in [3.63, 3.8) is 0 Å². The van der Waals surface area contributed by atoms with Crippen molar-refractivity contribution >= 4 is 27.1 Å². The molecule has 1 aliphatic rings. The summed E-state index contributed by atoms with van der Waals surface area (Å²) in [5.41, 5.74) is 1.71. The maximum atomic E-state index is 11.3. The third kappa shape index (κ3) is 2.65. The van der Waals surface area contributed by atoms with Crippen molar-refractivity contribution < 1.29 is 8.42 Å². The monoisotopic (exact) mass is 260 g/mol. The fourth-order valence-corrected chi connectivity index (χ4v) is 3.61. The maximum Gasteiger partial charge on any atom is 0.152 e. The smallest absolute Gasteiger partial charge is 0.152 e. The minimum absolute atomic E-state index is 0.0499. The van der Waals surface area contributed by atoms with Gasteiger partial charge in [-0.05, 0) is 25.0 Å². The van der Waals surface area contributed by atoms with Gasteiger partial charge in [0, 0.05) is 12.2 Å². The molecule has 0 spiro atoms. The molecule has 1 N–H and O–H groups in total. The van der Waals surface area contributed by atoms with E-state index in [1.807, 2.05) is 13.0 Å². The molecular formula is C10H13ClN2O2S. The summed E-state index contributed by atoms with van der Waals surface area (Å²) < 4.78 is 22.6. The molecule has 0 aliphatic carbocycles. The Kier molecular flexibility index (Phi) is 3.08. The fraction of sp³-hybridized carbons (Fsp3) is 0.500. The van der Waals surface area contributed by atoms with E-state index in [0.717, 1.165) is 5.56 Å². The summed E-state index contributed by atoms with van der Waals surface area (Å²) in [7, 11) is -2.86. The number of rotatable bonds is 2. The number of pyridine rings is 1. The van der Waals surface area contributed by atoms with Gasteiger partial charge in [-0.1, -0.05) is 11.6 Å². The van der Waals surface area contributed by atoms with E-state index in [1.54, 1.807) is 6.20 Å². The number of hydrogen-bond donors (Lipinski definition) is 1. The number of nitrogens with zero attached hydrogens (tertiary/aromatic N) is 1. The molecule has 4 nitrogen and oxygen atoms in total. The van der Waals surface area contributed by atoms with Crippen molar-refractivity contribution in [1.29, 1.82) is 0 Å². The lowest BCUT2D eigenvalue weighted by Crippen LogP contribution is -2.20. The molecule has 0 aromatic carbocycles. The molecule has 16 heavy (non-hydrogen) atoms. The fourth-order valence-electron chi connectivity index (χ4n) is 1.78. The van der Waals surface area contributed by atoms with Crippen LogP contribution in [0.5, 0.6) is 0 Å². The van der Waals surface area contributed by atoms with Crippen LogP contribution < -0.4 is 5.32 Å². The SMILES string of the molecule is Cc1cnc(Cl)c(NC2CCS(=O)(=O)C2)c1. The molecule has 1 atom stereocenters. The van der Waals surface area contributed by atoms with Crippen molar-refractivity contribution in [1.82, 2.24) is 4.98 Å². The summed E-state index contributed by atoms with van der Waals surface area (Å²) in [5.74, 6) is 0.429. The predicted octanol–water partition coefficient (Wildman–Crippen LogP) is 1.64. The Balaban J connectivity index is 2.13. The lowest BCUT2D eigenvalue weighted by Gasteiger charge is -2.13. The summed E-state index contributed by atoms with van der Waals surface area (Å²) in [6, 6.07) is 1.83. The van der Waals surface area contributed by atoms with E-state index in [4.69, 9.17) is 11.6 Å². The Morgan fingerprint density at radius 3 is 2.94 bits per heavy atom. The molecule has 1 fully saturated rings. The topological polar surface area (TPSA) is 59.1 Å². The normalized spacial score (nSPS) is 23.2. The quantitative estimate of drug-likeness (QED) is 0.822. The van der Waals surface area contributed by atoms with Crippen LogP contribution in [0.3, 0.4) is 0 Å². The third-order valence-electron chi connectivity index (χ3n) is 2.57. The molecular weight excluding hydrogens is 248 g/mol. The van der Waals surface area contributed by atoms with Crippen molar-refractivity contribution in [3.8, 4) is 0 Å². The first-order chi connectivity index (χ1) is 7.46. The molecule has 1 aromatic rings. The van der Waals surface area contributed by atoms with Crippen molar-refractivity contribution in [2.75, 3.05) is 16.8 Å². The Morgan fingerprint density at radius 2 is 2.31 bits per heavy atom. The zero-order valence-electron chi connectivity index (χ0n) is 8.90. The predicted molar refractivity (Wildman–Crippen MR) is 64.7 cm³/mol.